The summed E-state index contributed by atoms with van der Waals surface area (Å²) >= 11 is 5.73. The predicted molar refractivity (Wildman–Crippen MR) is 57.3 cm³/mol. The third-order valence-corrected chi connectivity index (χ3v) is 2.41. The van der Waals surface area contributed by atoms with E-state index < -0.39 is 0 Å². The minimum absolute atomic E-state index is 0.322. The number of halogens is 1. The van der Waals surface area contributed by atoms with Gasteiger partial charge in [0.2, 0.25) is 0 Å². The van der Waals surface area contributed by atoms with Crippen LogP contribution in [0.4, 0.5) is 0 Å². The van der Waals surface area contributed by atoms with Crippen LogP contribution in [0.15, 0.2) is 44.0 Å². The van der Waals surface area contributed by atoms with Gasteiger partial charge in [0.1, 0.15) is 11.2 Å². The second kappa shape index (κ2) is 2.87. The van der Waals surface area contributed by atoms with E-state index in [4.69, 9.17) is 20.4 Å². The van der Waals surface area contributed by atoms with Crippen LogP contribution in [-0.2, 0) is 0 Å². The van der Waals surface area contributed by atoms with Crippen molar-refractivity contribution in [2.24, 2.45) is 0 Å². The summed E-state index contributed by atoms with van der Waals surface area (Å²) in [6.07, 6.45) is 0. The van der Waals surface area contributed by atoms with E-state index in [1.165, 1.54) is 6.07 Å². The Morgan fingerprint density at radius 1 is 0.933 bits per heavy atom. The fourth-order valence-corrected chi connectivity index (χ4v) is 1.77. The molecular weight excluding hydrogens is 216 g/mol. The lowest BCUT2D eigenvalue weighted by molar-refractivity contribution is 0.559. The summed E-state index contributed by atoms with van der Waals surface area (Å²) in [6, 6.07) is 8.35. The topological polar surface area (TPSA) is 43.4 Å². The first-order valence-electron chi connectivity index (χ1n) is 4.35. The molecule has 3 rings (SSSR count). The molecule has 0 fully saturated rings. The number of benzene rings is 1. The Bertz CT molecular complexity index is 708. The van der Waals surface area contributed by atoms with Crippen molar-refractivity contribution in [3.05, 3.63) is 46.0 Å². The van der Waals surface area contributed by atoms with Gasteiger partial charge in [-0.25, -0.2) is 4.79 Å². The molecule has 3 aromatic rings. The van der Waals surface area contributed by atoms with Gasteiger partial charge in [0.25, 0.3) is 0 Å². The summed E-state index contributed by atoms with van der Waals surface area (Å²) < 4.78 is 10.2. The summed E-state index contributed by atoms with van der Waals surface area (Å²) in [5.74, 6) is 0. The molecule has 1 aromatic carbocycles. The summed E-state index contributed by atoms with van der Waals surface area (Å²) in [5, 5.41) is 2.06. The van der Waals surface area contributed by atoms with E-state index in [9.17, 15) is 4.79 Å². The van der Waals surface area contributed by atoms with Crippen molar-refractivity contribution in [2.45, 2.75) is 0 Å². The van der Waals surface area contributed by atoms with Crippen molar-refractivity contribution in [1.29, 1.82) is 0 Å². The zero-order valence-electron chi connectivity index (χ0n) is 7.49. The minimum atomic E-state index is -0.375. The van der Waals surface area contributed by atoms with Crippen LogP contribution < -0.4 is 5.63 Å². The summed E-state index contributed by atoms with van der Waals surface area (Å²) in [5.41, 5.74) is 0.738. The maximum Gasteiger partial charge on any atom is 0.336 e. The largest absolute Gasteiger partial charge is 0.445 e. The second-order valence-corrected chi connectivity index (χ2v) is 3.61. The molecule has 15 heavy (non-hydrogen) atoms. The Morgan fingerprint density at radius 3 is 2.60 bits per heavy atom. The predicted octanol–water partition coefficient (Wildman–Crippen LogP) is 3.19. The van der Waals surface area contributed by atoms with Gasteiger partial charge in [0.05, 0.1) is 0 Å². The van der Waals surface area contributed by atoms with E-state index >= 15 is 0 Å². The molecule has 0 bridgehead atoms. The molecule has 0 aliphatic rings. The second-order valence-electron chi connectivity index (χ2n) is 3.23. The van der Waals surface area contributed by atoms with E-state index in [1.807, 2.05) is 6.07 Å². The SMILES string of the molecule is O=c1ccc2cc3cc(Cl)oc3cc2o1. The van der Waals surface area contributed by atoms with Crippen molar-refractivity contribution in [2.75, 3.05) is 0 Å². The first-order valence-corrected chi connectivity index (χ1v) is 4.73. The fraction of sp³-hybridized carbons (Fsp3) is 0. The van der Waals surface area contributed by atoms with Crippen LogP contribution in [0.3, 0.4) is 0 Å². The number of rotatable bonds is 0. The molecule has 0 atom stereocenters. The molecular formula is C11H5ClO3. The molecule has 2 aromatic heterocycles. The monoisotopic (exact) mass is 220 g/mol. The summed E-state index contributed by atoms with van der Waals surface area (Å²) in [6.45, 7) is 0. The lowest BCUT2D eigenvalue weighted by Crippen LogP contribution is -1.93. The van der Waals surface area contributed by atoms with Crippen molar-refractivity contribution in [1.82, 2.24) is 0 Å². The Balaban J connectivity index is 2.51. The Kier molecular flexibility index (Phi) is 1.64. The number of hydrogen-bond acceptors (Lipinski definition) is 3. The van der Waals surface area contributed by atoms with Gasteiger partial charge in [-0.05, 0) is 23.7 Å². The summed E-state index contributed by atoms with van der Waals surface area (Å²) in [7, 11) is 0. The third-order valence-electron chi connectivity index (χ3n) is 2.23. The van der Waals surface area contributed by atoms with Crippen molar-refractivity contribution >= 4 is 33.5 Å². The van der Waals surface area contributed by atoms with Gasteiger partial charge < -0.3 is 8.83 Å². The molecule has 0 aliphatic carbocycles. The lowest BCUT2D eigenvalue weighted by Gasteiger charge is -1.94. The van der Waals surface area contributed by atoms with Gasteiger partial charge in [0, 0.05) is 29.0 Å². The average Bonchev–Trinajstić information content (AvgIpc) is 2.53. The van der Waals surface area contributed by atoms with Gasteiger partial charge in [0.15, 0.2) is 5.22 Å². The van der Waals surface area contributed by atoms with Crippen LogP contribution in [0, 0.1) is 0 Å². The van der Waals surface area contributed by atoms with Crippen molar-refractivity contribution in [3.8, 4) is 0 Å². The molecule has 74 valence electrons. The highest BCUT2D eigenvalue weighted by molar-refractivity contribution is 6.29. The molecule has 2 heterocycles. The van der Waals surface area contributed by atoms with E-state index in [0.29, 0.717) is 16.4 Å². The molecule has 0 N–H and O–H groups in total. The third kappa shape index (κ3) is 1.32. The Morgan fingerprint density at radius 2 is 1.73 bits per heavy atom. The van der Waals surface area contributed by atoms with Gasteiger partial charge in [-0.1, -0.05) is 0 Å². The van der Waals surface area contributed by atoms with E-state index in [1.54, 1.807) is 18.2 Å². The van der Waals surface area contributed by atoms with Gasteiger partial charge in [-0.3, -0.25) is 0 Å². The van der Waals surface area contributed by atoms with Gasteiger partial charge >= 0.3 is 5.63 Å². The molecule has 0 amide bonds. The highest BCUT2D eigenvalue weighted by Crippen LogP contribution is 2.26. The first-order chi connectivity index (χ1) is 7.22. The molecule has 0 unspecified atom stereocenters. The van der Waals surface area contributed by atoms with Crippen LogP contribution in [0.1, 0.15) is 0 Å². The quantitative estimate of drug-likeness (QED) is 0.547. The highest BCUT2D eigenvalue weighted by Gasteiger charge is 2.05. The smallest absolute Gasteiger partial charge is 0.336 e. The molecule has 0 saturated heterocycles. The average molecular weight is 221 g/mol. The molecule has 0 radical (unpaired) electrons. The number of fused-ring (bicyclic) bond motifs is 2. The van der Waals surface area contributed by atoms with Crippen molar-refractivity contribution < 1.29 is 8.83 Å². The number of furan rings is 1. The lowest BCUT2D eigenvalue weighted by atomic mass is 10.2. The van der Waals surface area contributed by atoms with Crippen LogP contribution in [-0.4, -0.2) is 0 Å². The van der Waals surface area contributed by atoms with E-state index in [2.05, 4.69) is 0 Å². The first kappa shape index (κ1) is 8.56. The minimum Gasteiger partial charge on any atom is -0.445 e. The van der Waals surface area contributed by atoms with Crippen LogP contribution in [0.2, 0.25) is 5.22 Å². The van der Waals surface area contributed by atoms with Gasteiger partial charge in [-0.2, -0.15) is 0 Å². The zero-order valence-corrected chi connectivity index (χ0v) is 8.25. The number of hydrogen-bond donors (Lipinski definition) is 0. The maximum absolute atomic E-state index is 11.0. The standard InChI is InChI=1S/C11H5ClO3/c12-10-4-7-3-6-1-2-11(13)15-8(6)5-9(7)14-10/h1-5H. The van der Waals surface area contributed by atoms with Gasteiger partial charge in [-0.15, -0.1) is 0 Å². The van der Waals surface area contributed by atoms with E-state index in [-0.39, 0.29) is 5.63 Å². The van der Waals surface area contributed by atoms with Crippen LogP contribution in [0.25, 0.3) is 21.9 Å². The normalized spacial score (nSPS) is 11.3. The summed E-state index contributed by atoms with van der Waals surface area (Å²) in [4.78, 5) is 11.0. The Labute approximate surface area is 88.9 Å². The zero-order chi connectivity index (χ0) is 10.4. The molecule has 0 aliphatic heterocycles. The highest BCUT2D eigenvalue weighted by atomic mass is 35.5. The Hall–Kier alpha value is -1.74. The fourth-order valence-electron chi connectivity index (χ4n) is 1.57. The molecule has 4 heteroatoms. The van der Waals surface area contributed by atoms with Crippen molar-refractivity contribution in [3.63, 3.8) is 0 Å². The van der Waals surface area contributed by atoms with E-state index in [0.717, 1.165) is 10.8 Å². The molecule has 3 nitrogen and oxygen atoms in total. The molecule has 0 spiro atoms. The maximum atomic E-state index is 11.0. The molecule has 0 saturated carbocycles. The van der Waals surface area contributed by atoms with Crippen LogP contribution in [0.5, 0.6) is 0 Å². The van der Waals surface area contributed by atoms with Crippen LogP contribution >= 0.6 is 11.6 Å².